The molecule has 1 saturated heterocycles. The van der Waals surface area contributed by atoms with Crippen LogP contribution < -0.4 is 4.90 Å². The molecule has 0 unspecified atom stereocenters. The highest BCUT2D eigenvalue weighted by atomic mass is 19.4. The number of anilines is 1. The van der Waals surface area contributed by atoms with Gasteiger partial charge in [-0.3, -0.25) is 9.78 Å². The number of likely N-dealkylation sites (N-methyl/N-ethyl adjacent to an activating group) is 1. The van der Waals surface area contributed by atoms with E-state index in [0.29, 0.717) is 24.5 Å². The lowest BCUT2D eigenvalue weighted by Gasteiger charge is -2.32. The SMILES string of the molecule is CN1CCN(C(=O)c2cncc(N(C)Cc3cccc(C(F)(F)F)c3)n2)CC1. The van der Waals surface area contributed by atoms with Gasteiger partial charge < -0.3 is 14.7 Å². The van der Waals surface area contributed by atoms with E-state index in [-0.39, 0.29) is 18.1 Å². The topological polar surface area (TPSA) is 52.6 Å². The number of hydrogen-bond acceptors (Lipinski definition) is 5. The molecule has 150 valence electrons. The third-order valence-electron chi connectivity index (χ3n) is 4.70. The Bertz CT molecular complexity index is 834. The number of hydrogen-bond donors (Lipinski definition) is 0. The van der Waals surface area contributed by atoms with Crippen molar-refractivity contribution in [2.24, 2.45) is 0 Å². The minimum absolute atomic E-state index is 0.185. The van der Waals surface area contributed by atoms with E-state index < -0.39 is 11.7 Å². The summed E-state index contributed by atoms with van der Waals surface area (Å²) in [6, 6.07) is 5.16. The van der Waals surface area contributed by atoms with Crippen molar-refractivity contribution >= 4 is 11.7 Å². The zero-order valence-electron chi connectivity index (χ0n) is 15.8. The largest absolute Gasteiger partial charge is 0.416 e. The summed E-state index contributed by atoms with van der Waals surface area (Å²) in [4.78, 5) is 26.7. The number of rotatable bonds is 4. The molecule has 1 aromatic carbocycles. The van der Waals surface area contributed by atoms with Crippen molar-refractivity contribution in [3.05, 3.63) is 53.5 Å². The second-order valence-corrected chi connectivity index (χ2v) is 6.91. The first-order chi connectivity index (χ1) is 13.2. The Balaban J connectivity index is 1.72. The van der Waals surface area contributed by atoms with Crippen LogP contribution in [-0.2, 0) is 12.7 Å². The van der Waals surface area contributed by atoms with Crippen molar-refractivity contribution < 1.29 is 18.0 Å². The second-order valence-electron chi connectivity index (χ2n) is 6.91. The molecule has 6 nitrogen and oxygen atoms in total. The highest BCUT2D eigenvalue weighted by Gasteiger charge is 2.30. The molecule has 2 aromatic rings. The van der Waals surface area contributed by atoms with Gasteiger partial charge in [0.1, 0.15) is 11.5 Å². The normalized spacial score (nSPS) is 15.5. The minimum atomic E-state index is -4.39. The fourth-order valence-corrected chi connectivity index (χ4v) is 3.02. The van der Waals surface area contributed by atoms with Gasteiger partial charge in [0.15, 0.2) is 0 Å². The number of alkyl halides is 3. The fourth-order valence-electron chi connectivity index (χ4n) is 3.02. The average Bonchev–Trinajstić information content (AvgIpc) is 2.67. The van der Waals surface area contributed by atoms with Crippen LogP contribution in [0.1, 0.15) is 21.6 Å². The van der Waals surface area contributed by atoms with Gasteiger partial charge in [0.05, 0.1) is 18.0 Å². The second kappa shape index (κ2) is 8.14. The van der Waals surface area contributed by atoms with Gasteiger partial charge in [0.25, 0.3) is 5.91 Å². The van der Waals surface area contributed by atoms with Crippen LogP contribution in [0, 0.1) is 0 Å². The van der Waals surface area contributed by atoms with Gasteiger partial charge in [-0.2, -0.15) is 13.2 Å². The quantitative estimate of drug-likeness (QED) is 0.799. The first-order valence-corrected chi connectivity index (χ1v) is 8.91. The molecule has 3 rings (SSSR count). The first-order valence-electron chi connectivity index (χ1n) is 8.91. The fraction of sp³-hybridized carbons (Fsp3) is 0.421. The van der Waals surface area contributed by atoms with Gasteiger partial charge in [0, 0.05) is 39.8 Å². The van der Waals surface area contributed by atoms with Crippen LogP contribution in [0.25, 0.3) is 0 Å². The van der Waals surface area contributed by atoms with Crippen LogP contribution in [-0.4, -0.2) is 65.9 Å². The summed E-state index contributed by atoms with van der Waals surface area (Å²) >= 11 is 0. The lowest BCUT2D eigenvalue weighted by Crippen LogP contribution is -2.47. The van der Waals surface area contributed by atoms with Gasteiger partial charge in [-0.1, -0.05) is 12.1 Å². The number of nitrogens with zero attached hydrogens (tertiary/aromatic N) is 5. The highest BCUT2D eigenvalue weighted by Crippen LogP contribution is 2.29. The molecule has 1 aliphatic rings. The molecular weight excluding hydrogens is 371 g/mol. The van der Waals surface area contributed by atoms with Gasteiger partial charge in [-0.05, 0) is 24.7 Å². The van der Waals surface area contributed by atoms with Crippen molar-refractivity contribution in [1.29, 1.82) is 0 Å². The molecule has 0 aliphatic carbocycles. The van der Waals surface area contributed by atoms with Crippen molar-refractivity contribution in [3.63, 3.8) is 0 Å². The van der Waals surface area contributed by atoms with E-state index in [1.54, 1.807) is 22.9 Å². The molecule has 9 heteroatoms. The predicted octanol–water partition coefficient (Wildman–Crippen LogP) is 2.52. The van der Waals surface area contributed by atoms with Gasteiger partial charge in [-0.15, -0.1) is 0 Å². The van der Waals surface area contributed by atoms with Crippen molar-refractivity contribution in [3.8, 4) is 0 Å². The van der Waals surface area contributed by atoms with Crippen molar-refractivity contribution in [1.82, 2.24) is 19.8 Å². The number of piperazine rings is 1. The molecule has 0 radical (unpaired) electrons. The number of carbonyl (C=O) groups is 1. The van der Waals surface area contributed by atoms with E-state index in [0.717, 1.165) is 25.2 Å². The number of benzene rings is 1. The first kappa shape index (κ1) is 20.1. The molecule has 28 heavy (non-hydrogen) atoms. The number of halogens is 3. The smallest absolute Gasteiger partial charge is 0.354 e. The standard InChI is InChI=1S/C19H22F3N5O/c1-25-6-8-27(9-7-25)18(28)16-11-23-12-17(24-16)26(2)13-14-4-3-5-15(10-14)19(20,21)22/h3-5,10-12H,6-9,13H2,1-2H3. The number of aromatic nitrogens is 2. The third kappa shape index (κ3) is 4.78. The zero-order chi connectivity index (χ0) is 20.3. The summed E-state index contributed by atoms with van der Waals surface area (Å²) in [6.07, 6.45) is -1.47. The van der Waals surface area contributed by atoms with Gasteiger partial charge in [-0.25, -0.2) is 4.98 Å². The van der Waals surface area contributed by atoms with Crippen LogP contribution in [0.15, 0.2) is 36.7 Å². The molecule has 0 bridgehead atoms. The number of amides is 1. The third-order valence-corrected chi connectivity index (χ3v) is 4.70. The highest BCUT2D eigenvalue weighted by molar-refractivity contribution is 5.92. The Morgan fingerprint density at radius 3 is 2.57 bits per heavy atom. The molecule has 1 aliphatic heterocycles. The van der Waals surface area contributed by atoms with Crippen LogP contribution in [0.2, 0.25) is 0 Å². The molecule has 2 heterocycles. The van der Waals surface area contributed by atoms with Crippen LogP contribution in [0.3, 0.4) is 0 Å². The Hall–Kier alpha value is -2.68. The molecule has 0 N–H and O–H groups in total. The van der Waals surface area contributed by atoms with E-state index >= 15 is 0 Å². The van der Waals surface area contributed by atoms with Crippen LogP contribution >= 0.6 is 0 Å². The molecule has 1 amide bonds. The van der Waals surface area contributed by atoms with Crippen LogP contribution in [0.5, 0.6) is 0 Å². The summed E-state index contributed by atoms with van der Waals surface area (Å²) in [7, 11) is 3.71. The maximum absolute atomic E-state index is 12.9. The van der Waals surface area contributed by atoms with Gasteiger partial charge in [0.2, 0.25) is 0 Å². The minimum Gasteiger partial charge on any atom is -0.354 e. The summed E-state index contributed by atoms with van der Waals surface area (Å²) in [5, 5.41) is 0. The Morgan fingerprint density at radius 2 is 1.89 bits per heavy atom. The molecule has 1 aromatic heterocycles. The molecule has 0 spiro atoms. The maximum Gasteiger partial charge on any atom is 0.416 e. The molecule has 1 fully saturated rings. The molecule has 0 atom stereocenters. The Kier molecular flexibility index (Phi) is 5.83. The number of carbonyl (C=O) groups excluding carboxylic acids is 1. The Labute approximate surface area is 161 Å². The summed E-state index contributed by atoms with van der Waals surface area (Å²) in [5.74, 6) is 0.243. The van der Waals surface area contributed by atoms with E-state index in [1.165, 1.54) is 18.5 Å². The van der Waals surface area contributed by atoms with E-state index in [9.17, 15) is 18.0 Å². The monoisotopic (exact) mass is 393 g/mol. The summed E-state index contributed by atoms with van der Waals surface area (Å²) < 4.78 is 38.7. The lowest BCUT2D eigenvalue weighted by atomic mass is 10.1. The van der Waals surface area contributed by atoms with Crippen molar-refractivity contribution in [2.75, 3.05) is 45.2 Å². The van der Waals surface area contributed by atoms with E-state index in [1.807, 2.05) is 7.05 Å². The Morgan fingerprint density at radius 1 is 1.18 bits per heavy atom. The van der Waals surface area contributed by atoms with E-state index in [2.05, 4.69) is 14.9 Å². The predicted molar refractivity (Wildman–Crippen MR) is 99.0 cm³/mol. The summed E-state index contributed by atoms with van der Waals surface area (Å²) in [6.45, 7) is 3.07. The zero-order valence-corrected chi connectivity index (χ0v) is 15.8. The van der Waals surface area contributed by atoms with E-state index in [4.69, 9.17) is 0 Å². The maximum atomic E-state index is 12.9. The van der Waals surface area contributed by atoms with Gasteiger partial charge >= 0.3 is 6.18 Å². The molecule has 0 saturated carbocycles. The molecular formula is C19H22F3N5O. The van der Waals surface area contributed by atoms with Crippen molar-refractivity contribution in [2.45, 2.75) is 12.7 Å². The average molecular weight is 393 g/mol. The lowest BCUT2D eigenvalue weighted by molar-refractivity contribution is -0.137. The van der Waals surface area contributed by atoms with Crippen LogP contribution in [0.4, 0.5) is 19.0 Å². The summed E-state index contributed by atoms with van der Waals surface area (Å²) in [5.41, 5.74) is 0.0383.